The SMILES string of the molecule is O=C(N[C@@H]1CN2CCCC[C@]2(C(=O)NCC2CCOCC2)C1)c1cnccn1. The van der Waals surface area contributed by atoms with E-state index in [0.717, 1.165) is 51.9 Å². The first-order valence-electron chi connectivity index (χ1n) is 10.4. The Bertz CT molecular complexity index is 694. The Balaban J connectivity index is 1.39. The molecule has 0 aliphatic carbocycles. The van der Waals surface area contributed by atoms with E-state index in [1.54, 1.807) is 6.20 Å². The molecule has 3 saturated heterocycles. The van der Waals surface area contributed by atoms with Gasteiger partial charge >= 0.3 is 0 Å². The number of nitrogens with zero attached hydrogens (tertiary/aromatic N) is 3. The third-order valence-corrected chi connectivity index (χ3v) is 6.34. The van der Waals surface area contributed by atoms with Crippen molar-refractivity contribution in [3.8, 4) is 0 Å². The average Bonchev–Trinajstić information content (AvgIpc) is 3.12. The van der Waals surface area contributed by atoms with E-state index in [0.29, 0.717) is 31.1 Å². The summed E-state index contributed by atoms with van der Waals surface area (Å²) in [6.07, 6.45) is 10.2. The van der Waals surface area contributed by atoms with Gasteiger partial charge in [0, 0.05) is 44.7 Å². The number of hydrogen-bond donors (Lipinski definition) is 2. The summed E-state index contributed by atoms with van der Waals surface area (Å²) in [5, 5.41) is 6.28. The first kappa shape index (κ1) is 19.3. The zero-order chi connectivity index (χ0) is 19.4. The lowest BCUT2D eigenvalue weighted by molar-refractivity contribution is -0.134. The van der Waals surface area contributed by atoms with Gasteiger partial charge in [-0.2, -0.15) is 0 Å². The van der Waals surface area contributed by atoms with Crippen LogP contribution < -0.4 is 10.6 Å². The third-order valence-electron chi connectivity index (χ3n) is 6.34. The van der Waals surface area contributed by atoms with E-state index in [2.05, 4.69) is 25.5 Å². The first-order valence-corrected chi connectivity index (χ1v) is 10.4. The van der Waals surface area contributed by atoms with Crippen molar-refractivity contribution in [1.29, 1.82) is 0 Å². The van der Waals surface area contributed by atoms with Gasteiger partial charge in [-0.3, -0.25) is 19.5 Å². The molecule has 4 heterocycles. The monoisotopic (exact) mass is 387 g/mol. The highest BCUT2D eigenvalue weighted by Crippen LogP contribution is 2.38. The van der Waals surface area contributed by atoms with Crippen molar-refractivity contribution in [3.05, 3.63) is 24.3 Å². The molecule has 0 radical (unpaired) electrons. The zero-order valence-corrected chi connectivity index (χ0v) is 16.2. The van der Waals surface area contributed by atoms with E-state index >= 15 is 0 Å². The number of nitrogens with one attached hydrogen (secondary N) is 2. The number of amides is 2. The molecule has 0 bridgehead atoms. The van der Waals surface area contributed by atoms with Crippen LogP contribution in [0.1, 0.15) is 49.0 Å². The van der Waals surface area contributed by atoms with E-state index < -0.39 is 5.54 Å². The van der Waals surface area contributed by atoms with Crippen LogP contribution >= 0.6 is 0 Å². The molecule has 3 aliphatic rings. The van der Waals surface area contributed by atoms with E-state index in [9.17, 15) is 9.59 Å². The lowest BCUT2D eigenvalue weighted by Gasteiger charge is -2.41. The number of carbonyl (C=O) groups excluding carboxylic acids is 2. The van der Waals surface area contributed by atoms with Gasteiger partial charge in [0.15, 0.2) is 0 Å². The maximum Gasteiger partial charge on any atom is 0.271 e. The van der Waals surface area contributed by atoms with E-state index in [4.69, 9.17) is 4.74 Å². The maximum atomic E-state index is 13.2. The number of fused-ring (bicyclic) bond motifs is 1. The van der Waals surface area contributed by atoms with Crippen LogP contribution in [0.15, 0.2) is 18.6 Å². The fourth-order valence-corrected chi connectivity index (χ4v) is 4.80. The fourth-order valence-electron chi connectivity index (χ4n) is 4.80. The van der Waals surface area contributed by atoms with Gasteiger partial charge < -0.3 is 15.4 Å². The van der Waals surface area contributed by atoms with Crippen molar-refractivity contribution in [1.82, 2.24) is 25.5 Å². The molecule has 28 heavy (non-hydrogen) atoms. The van der Waals surface area contributed by atoms with Crippen LogP contribution in [-0.4, -0.2) is 71.1 Å². The first-order chi connectivity index (χ1) is 13.7. The lowest BCUT2D eigenvalue weighted by atomic mass is 9.84. The Morgan fingerprint density at radius 2 is 2.11 bits per heavy atom. The van der Waals surface area contributed by atoms with Crippen LogP contribution in [0.4, 0.5) is 0 Å². The van der Waals surface area contributed by atoms with Crippen molar-refractivity contribution < 1.29 is 14.3 Å². The molecule has 8 nitrogen and oxygen atoms in total. The molecule has 3 aliphatic heterocycles. The molecule has 2 amide bonds. The molecule has 0 unspecified atom stereocenters. The quantitative estimate of drug-likeness (QED) is 0.774. The highest BCUT2D eigenvalue weighted by atomic mass is 16.5. The second-order valence-corrected chi connectivity index (χ2v) is 8.17. The van der Waals surface area contributed by atoms with Crippen LogP contribution in [0.2, 0.25) is 0 Å². The molecular weight excluding hydrogens is 358 g/mol. The van der Waals surface area contributed by atoms with E-state index in [1.807, 2.05) is 0 Å². The minimum Gasteiger partial charge on any atom is -0.381 e. The average molecular weight is 387 g/mol. The number of piperidine rings is 1. The van der Waals surface area contributed by atoms with Gasteiger partial charge in [-0.15, -0.1) is 0 Å². The summed E-state index contributed by atoms with van der Waals surface area (Å²) < 4.78 is 5.41. The molecule has 3 fully saturated rings. The van der Waals surface area contributed by atoms with Crippen molar-refractivity contribution in [3.63, 3.8) is 0 Å². The summed E-state index contributed by atoms with van der Waals surface area (Å²) in [6.45, 7) is 3.90. The second-order valence-electron chi connectivity index (χ2n) is 8.17. The summed E-state index contributed by atoms with van der Waals surface area (Å²) in [5.41, 5.74) is -0.186. The number of hydrogen-bond acceptors (Lipinski definition) is 6. The van der Waals surface area contributed by atoms with Crippen LogP contribution in [0.3, 0.4) is 0 Å². The van der Waals surface area contributed by atoms with Gasteiger partial charge in [0.05, 0.1) is 6.20 Å². The highest BCUT2D eigenvalue weighted by Gasteiger charge is 2.52. The smallest absolute Gasteiger partial charge is 0.271 e. The molecular formula is C20H29N5O3. The second kappa shape index (κ2) is 8.53. The zero-order valence-electron chi connectivity index (χ0n) is 16.2. The lowest BCUT2D eigenvalue weighted by Crippen LogP contribution is -2.58. The van der Waals surface area contributed by atoms with Crippen LogP contribution in [0.5, 0.6) is 0 Å². The number of aromatic nitrogens is 2. The number of carbonyl (C=O) groups is 2. The minimum atomic E-state index is -0.496. The largest absolute Gasteiger partial charge is 0.381 e. The Morgan fingerprint density at radius 1 is 1.25 bits per heavy atom. The van der Waals surface area contributed by atoms with Crippen molar-refractivity contribution in [2.24, 2.45) is 5.92 Å². The van der Waals surface area contributed by atoms with Gasteiger partial charge in [-0.05, 0) is 51.0 Å². The molecule has 8 heteroatoms. The topological polar surface area (TPSA) is 96.5 Å². The van der Waals surface area contributed by atoms with Crippen molar-refractivity contribution >= 4 is 11.8 Å². The summed E-state index contributed by atoms with van der Waals surface area (Å²) >= 11 is 0. The fraction of sp³-hybridized carbons (Fsp3) is 0.700. The number of ether oxygens (including phenoxy) is 1. The standard InChI is InChI=1S/C20H29N5O3/c26-18(17-13-21-6-7-22-17)24-16-11-20(5-1-2-8-25(20)14-16)19(27)23-12-15-3-9-28-10-4-15/h6-7,13,15-16H,1-5,8-12,14H2,(H,23,27)(H,24,26)/t16-,20+/m0/s1. The maximum absolute atomic E-state index is 13.2. The van der Waals surface area contributed by atoms with Crippen molar-refractivity contribution in [2.75, 3.05) is 32.8 Å². The van der Waals surface area contributed by atoms with E-state index in [-0.39, 0.29) is 17.9 Å². The van der Waals surface area contributed by atoms with E-state index in [1.165, 1.54) is 12.4 Å². The van der Waals surface area contributed by atoms with Gasteiger partial charge in [0.1, 0.15) is 11.2 Å². The normalized spacial score (nSPS) is 28.5. The van der Waals surface area contributed by atoms with Crippen LogP contribution in [-0.2, 0) is 9.53 Å². The van der Waals surface area contributed by atoms with Crippen LogP contribution in [0.25, 0.3) is 0 Å². The molecule has 0 saturated carbocycles. The Morgan fingerprint density at radius 3 is 2.89 bits per heavy atom. The van der Waals surface area contributed by atoms with Gasteiger partial charge in [-0.1, -0.05) is 0 Å². The minimum absolute atomic E-state index is 0.0542. The molecule has 152 valence electrons. The van der Waals surface area contributed by atoms with Gasteiger partial charge in [0.25, 0.3) is 5.91 Å². The Kier molecular flexibility index (Phi) is 5.87. The van der Waals surface area contributed by atoms with Crippen LogP contribution in [0, 0.1) is 5.92 Å². The summed E-state index contributed by atoms with van der Waals surface area (Å²) in [5.74, 6) is 0.394. The molecule has 0 spiro atoms. The predicted octanol–water partition coefficient (Wildman–Crippen LogP) is 0.746. The molecule has 1 aromatic heterocycles. The van der Waals surface area contributed by atoms with Crippen molar-refractivity contribution in [2.45, 2.75) is 50.1 Å². The molecule has 2 N–H and O–H groups in total. The number of rotatable bonds is 5. The van der Waals surface area contributed by atoms with Gasteiger partial charge in [-0.25, -0.2) is 4.98 Å². The predicted molar refractivity (Wildman–Crippen MR) is 103 cm³/mol. The molecule has 0 aromatic carbocycles. The van der Waals surface area contributed by atoms with Gasteiger partial charge in [0.2, 0.25) is 5.91 Å². The highest BCUT2D eigenvalue weighted by molar-refractivity contribution is 5.92. The summed E-state index contributed by atoms with van der Waals surface area (Å²) in [7, 11) is 0. The molecule has 4 rings (SSSR count). The summed E-state index contributed by atoms with van der Waals surface area (Å²) in [4.78, 5) is 36.0. The Hall–Kier alpha value is -2.06. The molecule has 1 aromatic rings. The third kappa shape index (κ3) is 4.03. The summed E-state index contributed by atoms with van der Waals surface area (Å²) in [6, 6.07) is -0.0542. The Labute approximate surface area is 165 Å². The molecule has 2 atom stereocenters.